The molecule has 0 aromatic carbocycles. The Morgan fingerprint density at radius 1 is 1.24 bits per heavy atom. The molecule has 2 unspecified atom stereocenters. The van der Waals surface area contributed by atoms with Crippen molar-refractivity contribution in [2.24, 2.45) is 5.73 Å². The highest BCUT2D eigenvalue weighted by Gasteiger charge is 2.44. The third-order valence-corrected chi connectivity index (χ3v) is 5.14. The van der Waals surface area contributed by atoms with Crippen LogP contribution in [0.4, 0.5) is 5.95 Å². The zero-order valence-electron chi connectivity index (χ0n) is 13.1. The summed E-state index contributed by atoms with van der Waals surface area (Å²) in [6.45, 7) is 8.14. The van der Waals surface area contributed by atoms with E-state index in [1.54, 1.807) is 0 Å². The summed E-state index contributed by atoms with van der Waals surface area (Å²) in [5, 5.41) is 0. The Hall–Kier alpha value is -1.24. The molecule has 0 saturated carbocycles. The Morgan fingerprint density at radius 2 is 1.90 bits per heavy atom. The molecule has 2 atom stereocenters. The number of rotatable bonds is 3. The molecular weight excluding hydrogens is 264 g/mol. The van der Waals surface area contributed by atoms with E-state index in [-0.39, 0.29) is 5.54 Å². The van der Waals surface area contributed by atoms with Gasteiger partial charge in [0.2, 0.25) is 5.95 Å². The second-order valence-electron chi connectivity index (χ2n) is 6.42. The standard InChI is InChI=1S/C15H26N6/c1-13-10-15(11-16,12-19(13)2)21-8-6-20(7-9-21)14-17-4-3-5-18-14/h3-5,13H,6-12,16H2,1-2H3. The van der Waals surface area contributed by atoms with Gasteiger partial charge in [0, 0.05) is 63.2 Å². The average Bonchev–Trinajstić information content (AvgIpc) is 2.84. The Morgan fingerprint density at radius 3 is 2.43 bits per heavy atom. The lowest BCUT2D eigenvalue weighted by Crippen LogP contribution is -2.61. The van der Waals surface area contributed by atoms with E-state index >= 15 is 0 Å². The second kappa shape index (κ2) is 5.87. The molecule has 0 spiro atoms. The minimum Gasteiger partial charge on any atom is -0.338 e. The van der Waals surface area contributed by atoms with Crippen molar-refractivity contribution in [3.05, 3.63) is 18.5 Å². The minimum absolute atomic E-state index is 0.151. The van der Waals surface area contributed by atoms with Gasteiger partial charge in [0.05, 0.1) is 0 Å². The third-order valence-electron chi connectivity index (χ3n) is 5.14. The maximum atomic E-state index is 6.16. The zero-order chi connectivity index (χ0) is 14.9. The number of nitrogens with two attached hydrogens (primary N) is 1. The Bertz CT molecular complexity index is 446. The molecule has 2 aliphatic rings. The number of hydrogen-bond acceptors (Lipinski definition) is 6. The predicted octanol–water partition coefficient (Wildman–Crippen LogP) is 0.0201. The number of anilines is 1. The van der Waals surface area contributed by atoms with Crippen LogP contribution in [0, 0.1) is 0 Å². The Balaban J connectivity index is 1.65. The van der Waals surface area contributed by atoms with Gasteiger partial charge in [-0.15, -0.1) is 0 Å². The van der Waals surface area contributed by atoms with Gasteiger partial charge in [0.1, 0.15) is 0 Å². The number of nitrogens with zero attached hydrogens (tertiary/aromatic N) is 5. The molecule has 1 aromatic rings. The fourth-order valence-electron chi connectivity index (χ4n) is 3.73. The molecular formula is C15H26N6. The molecule has 0 bridgehead atoms. The van der Waals surface area contributed by atoms with Gasteiger partial charge in [-0.2, -0.15) is 0 Å². The molecule has 0 radical (unpaired) electrons. The molecule has 2 fully saturated rings. The predicted molar refractivity (Wildman–Crippen MR) is 84.3 cm³/mol. The van der Waals surface area contributed by atoms with Crippen LogP contribution in [0.3, 0.4) is 0 Å². The van der Waals surface area contributed by atoms with E-state index in [0.29, 0.717) is 6.04 Å². The van der Waals surface area contributed by atoms with Gasteiger partial charge in [-0.1, -0.05) is 0 Å². The van der Waals surface area contributed by atoms with Crippen LogP contribution in [-0.4, -0.2) is 77.7 Å². The lowest BCUT2D eigenvalue weighted by molar-refractivity contribution is 0.0941. The summed E-state index contributed by atoms with van der Waals surface area (Å²) in [6.07, 6.45) is 4.79. The highest BCUT2D eigenvalue weighted by molar-refractivity contribution is 5.29. The summed E-state index contributed by atoms with van der Waals surface area (Å²) in [5.41, 5.74) is 6.31. The summed E-state index contributed by atoms with van der Waals surface area (Å²) in [7, 11) is 2.20. The van der Waals surface area contributed by atoms with E-state index in [2.05, 4.69) is 38.6 Å². The zero-order valence-corrected chi connectivity index (χ0v) is 13.1. The van der Waals surface area contributed by atoms with Crippen LogP contribution in [0.15, 0.2) is 18.5 Å². The van der Waals surface area contributed by atoms with Crippen molar-refractivity contribution < 1.29 is 0 Å². The van der Waals surface area contributed by atoms with Gasteiger partial charge >= 0.3 is 0 Å². The molecule has 21 heavy (non-hydrogen) atoms. The van der Waals surface area contributed by atoms with Gasteiger partial charge in [-0.3, -0.25) is 4.90 Å². The van der Waals surface area contributed by atoms with E-state index in [4.69, 9.17) is 5.73 Å². The normalized spacial score (nSPS) is 31.8. The molecule has 1 aromatic heterocycles. The smallest absolute Gasteiger partial charge is 0.225 e. The fourth-order valence-corrected chi connectivity index (χ4v) is 3.73. The molecule has 0 aliphatic carbocycles. The molecule has 3 rings (SSSR count). The summed E-state index contributed by atoms with van der Waals surface area (Å²) >= 11 is 0. The van der Waals surface area contributed by atoms with Crippen LogP contribution in [0.1, 0.15) is 13.3 Å². The van der Waals surface area contributed by atoms with Gasteiger partial charge in [0.15, 0.2) is 0 Å². The molecule has 2 aliphatic heterocycles. The number of piperazine rings is 1. The van der Waals surface area contributed by atoms with Gasteiger partial charge in [0.25, 0.3) is 0 Å². The van der Waals surface area contributed by atoms with Crippen molar-refractivity contribution in [2.45, 2.75) is 24.9 Å². The number of aromatic nitrogens is 2. The molecule has 6 heteroatoms. The van der Waals surface area contributed by atoms with E-state index < -0.39 is 0 Å². The molecule has 2 N–H and O–H groups in total. The first-order valence-electron chi connectivity index (χ1n) is 7.82. The molecule has 3 heterocycles. The van der Waals surface area contributed by atoms with Crippen molar-refractivity contribution in [3.63, 3.8) is 0 Å². The summed E-state index contributed by atoms with van der Waals surface area (Å²) in [5.74, 6) is 0.843. The summed E-state index contributed by atoms with van der Waals surface area (Å²) < 4.78 is 0. The monoisotopic (exact) mass is 290 g/mol. The van der Waals surface area contributed by atoms with E-state index in [1.165, 1.54) is 6.42 Å². The fraction of sp³-hybridized carbons (Fsp3) is 0.733. The van der Waals surface area contributed by atoms with Gasteiger partial charge < -0.3 is 15.5 Å². The number of likely N-dealkylation sites (tertiary alicyclic amines) is 1. The van der Waals surface area contributed by atoms with Crippen LogP contribution < -0.4 is 10.6 Å². The Kier molecular flexibility index (Phi) is 4.10. The van der Waals surface area contributed by atoms with Crippen LogP contribution in [0.5, 0.6) is 0 Å². The molecule has 0 amide bonds. The highest BCUT2D eigenvalue weighted by Crippen LogP contribution is 2.31. The van der Waals surface area contributed by atoms with E-state index in [1.807, 2.05) is 18.5 Å². The van der Waals surface area contributed by atoms with E-state index in [9.17, 15) is 0 Å². The lowest BCUT2D eigenvalue weighted by atomic mass is 9.93. The minimum atomic E-state index is 0.151. The number of hydrogen-bond donors (Lipinski definition) is 1. The largest absolute Gasteiger partial charge is 0.338 e. The van der Waals surface area contributed by atoms with Crippen LogP contribution in [0.2, 0.25) is 0 Å². The first kappa shape index (κ1) is 14.7. The topological polar surface area (TPSA) is 61.5 Å². The van der Waals surface area contributed by atoms with Gasteiger partial charge in [-0.25, -0.2) is 9.97 Å². The van der Waals surface area contributed by atoms with Crippen molar-refractivity contribution in [3.8, 4) is 0 Å². The van der Waals surface area contributed by atoms with Crippen LogP contribution >= 0.6 is 0 Å². The first-order valence-corrected chi connectivity index (χ1v) is 7.82. The van der Waals surface area contributed by atoms with Crippen molar-refractivity contribution in [1.29, 1.82) is 0 Å². The van der Waals surface area contributed by atoms with Gasteiger partial charge in [-0.05, 0) is 26.5 Å². The molecule has 6 nitrogen and oxygen atoms in total. The first-order chi connectivity index (χ1) is 10.1. The van der Waals surface area contributed by atoms with E-state index in [0.717, 1.165) is 45.2 Å². The molecule has 116 valence electrons. The quantitative estimate of drug-likeness (QED) is 0.847. The van der Waals surface area contributed by atoms with Crippen molar-refractivity contribution in [2.75, 3.05) is 51.2 Å². The second-order valence-corrected chi connectivity index (χ2v) is 6.42. The summed E-state index contributed by atoms with van der Waals surface area (Å²) in [4.78, 5) is 16.0. The maximum Gasteiger partial charge on any atom is 0.225 e. The van der Waals surface area contributed by atoms with Crippen molar-refractivity contribution in [1.82, 2.24) is 19.8 Å². The SMILES string of the molecule is CC1CC(CN)(N2CCN(c3ncccn3)CC2)CN1C. The third kappa shape index (κ3) is 2.75. The van der Waals surface area contributed by atoms with Crippen LogP contribution in [-0.2, 0) is 0 Å². The highest BCUT2D eigenvalue weighted by atomic mass is 15.4. The lowest BCUT2D eigenvalue weighted by Gasteiger charge is -2.45. The number of likely N-dealkylation sites (N-methyl/N-ethyl adjacent to an activating group) is 1. The maximum absolute atomic E-state index is 6.16. The Labute approximate surface area is 126 Å². The van der Waals surface area contributed by atoms with Crippen molar-refractivity contribution >= 4 is 5.95 Å². The molecule has 2 saturated heterocycles. The summed E-state index contributed by atoms with van der Waals surface area (Å²) in [6, 6.07) is 2.47. The van der Waals surface area contributed by atoms with Crippen LogP contribution in [0.25, 0.3) is 0 Å². The average molecular weight is 290 g/mol.